The minimum atomic E-state index is -0.435. The number of nitrogens with two attached hydrogens (primary N) is 1. The first-order chi connectivity index (χ1) is 9.47. The van der Waals surface area contributed by atoms with E-state index in [4.69, 9.17) is 17.3 Å². The molecule has 1 saturated heterocycles. The quantitative estimate of drug-likeness (QED) is 0.890. The van der Waals surface area contributed by atoms with E-state index >= 15 is 0 Å². The zero-order valence-corrected chi connectivity index (χ0v) is 14.0. The van der Waals surface area contributed by atoms with E-state index in [-0.39, 0.29) is 30.3 Å². The molecule has 6 heteroatoms. The summed E-state index contributed by atoms with van der Waals surface area (Å²) in [7, 11) is 0. The van der Waals surface area contributed by atoms with Crippen molar-refractivity contribution in [2.75, 3.05) is 18.0 Å². The first-order valence-electron chi connectivity index (χ1n) is 7.04. The lowest BCUT2D eigenvalue weighted by atomic mass is 10.0. The number of hydrogen-bond acceptors (Lipinski definition) is 3. The maximum absolute atomic E-state index is 12.0. The molecule has 1 aliphatic heterocycles. The van der Waals surface area contributed by atoms with Gasteiger partial charge in [-0.15, -0.1) is 12.4 Å². The molecule has 0 aromatic heterocycles. The molecule has 0 spiro atoms. The third kappa shape index (κ3) is 4.77. The fraction of sp³-hybridized carbons (Fsp3) is 0.533. The van der Waals surface area contributed by atoms with E-state index in [1.54, 1.807) is 0 Å². The number of rotatable bonds is 4. The van der Waals surface area contributed by atoms with Gasteiger partial charge in [0.1, 0.15) is 0 Å². The molecular weight excluding hydrogens is 309 g/mol. The van der Waals surface area contributed by atoms with Crippen molar-refractivity contribution in [2.24, 2.45) is 11.7 Å². The van der Waals surface area contributed by atoms with Crippen LogP contribution in [-0.4, -0.2) is 31.1 Å². The lowest BCUT2D eigenvalue weighted by Gasteiger charge is -2.21. The van der Waals surface area contributed by atoms with Gasteiger partial charge < -0.3 is 16.0 Å². The Balaban J connectivity index is 0.00000220. The van der Waals surface area contributed by atoms with E-state index in [0.717, 1.165) is 30.2 Å². The summed E-state index contributed by atoms with van der Waals surface area (Å²) < 4.78 is 0. The van der Waals surface area contributed by atoms with Crippen LogP contribution in [-0.2, 0) is 4.79 Å². The summed E-state index contributed by atoms with van der Waals surface area (Å²) >= 11 is 6.01. The number of hydrogen-bond donors (Lipinski definition) is 2. The van der Waals surface area contributed by atoms with Crippen molar-refractivity contribution in [1.29, 1.82) is 0 Å². The average Bonchev–Trinajstić information content (AvgIpc) is 2.86. The fourth-order valence-electron chi connectivity index (χ4n) is 2.39. The summed E-state index contributed by atoms with van der Waals surface area (Å²) in [6.45, 7) is 5.63. The normalized spacial score (nSPS) is 19.3. The van der Waals surface area contributed by atoms with E-state index < -0.39 is 6.04 Å². The van der Waals surface area contributed by atoms with Crippen molar-refractivity contribution >= 4 is 35.6 Å². The van der Waals surface area contributed by atoms with Crippen LogP contribution in [0.15, 0.2) is 24.3 Å². The zero-order valence-electron chi connectivity index (χ0n) is 12.4. The predicted octanol–water partition coefficient (Wildman–Crippen LogP) is 2.44. The molecule has 1 aromatic carbocycles. The molecule has 4 nitrogen and oxygen atoms in total. The number of nitrogens with one attached hydrogen (secondary N) is 1. The molecule has 2 rings (SSSR count). The number of amides is 1. The van der Waals surface area contributed by atoms with E-state index in [2.05, 4.69) is 10.2 Å². The maximum atomic E-state index is 12.0. The topological polar surface area (TPSA) is 58.4 Å². The molecule has 1 aromatic rings. The molecule has 1 fully saturated rings. The Labute approximate surface area is 137 Å². The van der Waals surface area contributed by atoms with E-state index in [9.17, 15) is 4.79 Å². The van der Waals surface area contributed by atoms with Crippen LogP contribution < -0.4 is 16.0 Å². The SMILES string of the molecule is CC(C)[C@H](N)C(=O)NC1CCN(c2cccc(Cl)c2)C1.Cl. The van der Waals surface area contributed by atoms with Gasteiger partial charge in [-0.25, -0.2) is 0 Å². The average molecular weight is 332 g/mol. The predicted molar refractivity (Wildman–Crippen MR) is 90.3 cm³/mol. The number of carbonyl (C=O) groups is 1. The number of halogens is 2. The largest absolute Gasteiger partial charge is 0.369 e. The second-order valence-electron chi connectivity index (χ2n) is 5.69. The molecule has 1 heterocycles. The van der Waals surface area contributed by atoms with Gasteiger partial charge in [-0.1, -0.05) is 31.5 Å². The lowest BCUT2D eigenvalue weighted by Crippen LogP contribution is -2.48. The summed E-state index contributed by atoms with van der Waals surface area (Å²) in [6, 6.07) is 7.52. The third-order valence-electron chi connectivity index (χ3n) is 3.73. The molecule has 0 radical (unpaired) electrons. The molecule has 2 atom stereocenters. The number of nitrogens with zero attached hydrogens (tertiary/aromatic N) is 1. The Kier molecular flexibility index (Phi) is 6.78. The van der Waals surface area contributed by atoms with Gasteiger partial charge in [-0.2, -0.15) is 0 Å². The van der Waals surface area contributed by atoms with Gasteiger partial charge in [0.05, 0.1) is 6.04 Å². The summed E-state index contributed by atoms with van der Waals surface area (Å²) in [5, 5.41) is 3.77. The van der Waals surface area contributed by atoms with Crippen LogP contribution in [0.2, 0.25) is 5.02 Å². The Morgan fingerprint density at radius 2 is 2.19 bits per heavy atom. The van der Waals surface area contributed by atoms with E-state index in [1.807, 2.05) is 38.1 Å². The van der Waals surface area contributed by atoms with Crippen LogP contribution in [0.1, 0.15) is 20.3 Å². The van der Waals surface area contributed by atoms with Crippen LogP contribution in [0.5, 0.6) is 0 Å². The van der Waals surface area contributed by atoms with Crippen LogP contribution >= 0.6 is 24.0 Å². The Morgan fingerprint density at radius 1 is 1.48 bits per heavy atom. The van der Waals surface area contributed by atoms with Gasteiger partial charge in [0, 0.05) is 29.8 Å². The second kappa shape index (κ2) is 7.87. The van der Waals surface area contributed by atoms with Crippen molar-refractivity contribution in [2.45, 2.75) is 32.4 Å². The minimum Gasteiger partial charge on any atom is -0.369 e. The van der Waals surface area contributed by atoms with E-state index in [0.29, 0.717) is 0 Å². The summed E-state index contributed by atoms with van der Waals surface area (Å²) in [5.41, 5.74) is 6.96. The van der Waals surface area contributed by atoms with Gasteiger partial charge in [0.25, 0.3) is 0 Å². The standard InChI is InChI=1S/C15H22ClN3O.ClH/c1-10(2)14(17)15(20)18-12-6-7-19(9-12)13-5-3-4-11(16)8-13;/h3-5,8,10,12,14H,6-7,9,17H2,1-2H3,(H,18,20);1H/t12?,14-;/m0./s1. The highest BCUT2D eigenvalue weighted by atomic mass is 35.5. The molecule has 0 aliphatic carbocycles. The van der Waals surface area contributed by atoms with Crippen LogP contribution in [0.3, 0.4) is 0 Å². The van der Waals surface area contributed by atoms with Crippen molar-refractivity contribution in [1.82, 2.24) is 5.32 Å². The van der Waals surface area contributed by atoms with Crippen LogP contribution in [0, 0.1) is 5.92 Å². The number of anilines is 1. The molecule has 3 N–H and O–H groups in total. The first-order valence-corrected chi connectivity index (χ1v) is 7.41. The van der Waals surface area contributed by atoms with Crippen molar-refractivity contribution in [3.63, 3.8) is 0 Å². The number of benzene rings is 1. The summed E-state index contributed by atoms with van der Waals surface area (Å²) in [5.74, 6) is 0.0957. The summed E-state index contributed by atoms with van der Waals surface area (Å²) in [6.07, 6.45) is 0.934. The third-order valence-corrected chi connectivity index (χ3v) is 3.96. The monoisotopic (exact) mass is 331 g/mol. The number of carbonyl (C=O) groups excluding carboxylic acids is 1. The van der Waals surface area contributed by atoms with Gasteiger partial charge in [-0.3, -0.25) is 4.79 Å². The highest BCUT2D eigenvalue weighted by Crippen LogP contribution is 2.23. The van der Waals surface area contributed by atoms with Gasteiger partial charge in [0.2, 0.25) is 5.91 Å². The zero-order chi connectivity index (χ0) is 14.7. The summed E-state index contributed by atoms with van der Waals surface area (Å²) in [4.78, 5) is 14.2. The van der Waals surface area contributed by atoms with Gasteiger partial charge in [-0.05, 0) is 30.5 Å². The van der Waals surface area contributed by atoms with Gasteiger partial charge >= 0.3 is 0 Å². The smallest absolute Gasteiger partial charge is 0.237 e. The molecule has 1 amide bonds. The second-order valence-corrected chi connectivity index (χ2v) is 6.13. The van der Waals surface area contributed by atoms with Gasteiger partial charge in [0.15, 0.2) is 0 Å². The molecule has 1 aliphatic rings. The first kappa shape index (κ1) is 18.1. The maximum Gasteiger partial charge on any atom is 0.237 e. The molecule has 21 heavy (non-hydrogen) atoms. The molecule has 1 unspecified atom stereocenters. The van der Waals surface area contributed by atoms with Crippen molar-refractivity contribution in [3.8, 4) is 0 Å². The highest BCUT2D eigenvalue weighted by molar-refractivity contribution is 6.30. The Hall–Kier alpha value is -0.970. The molecule has 0 saturated carbocycles. The molecule has 0 bridgehead atoms. The lowest BCUT2D eigenvalue weighted by molar-refractivity contribution is -0.123. The van der Waals surface area contributed by atoms with Crippen molar-refractivity contribution in [3.05, 3.63) is 29.3 Å². The fourth-order valence-corrected chi connectivity index (χ4v) is 2.57. The highest BCUT2D eigenvalue weighted by Gasteiger charge is 2.26. The van der Waals surface area contributed by atoms with Crippen molar-refractivity contribution < 1.29 is 4.79 Å². The Bertz CT molecular complexity index is 482. The minimum absolute atomic E-state index is 0. The molecule has 118 valence electrons. The van der Waals surface area contributed by atoms with Crippen LogP contribution in [0.4, 0.5) is 5.69 Å². The Morgan fingerprint density at radius 3 is 2.81 bits per heavy atom. The molecular formula is C15H23Cl2N3O. The van der Waals surface area contributed by atoms with Crippen LogP contribution in [0.25, 0.3) is 0 Å². The van der Waals surface area contributed by atoms with E-state index in [1.165, 1.54) is 0 Å².